The number of nitrogens with one attached hydrogen (secondary N) is 1. The third-order valence-corrected chi connectivity index (χ3v) is 3.35. The van der Waals surface area contributed by atoms with Gasteiger partial charge in [0.05, 0.1) is 12.8 Å². The van der Waals surface area contributed by atoms with Crippen molar-refractivity contribution in [3.8, 4) is 11.5 Å². The quantitative estimate of drug-likeness (QED) is 0.603. The summed E-state index contributed by atoms with van der Waals surface area (Å²) in [5.41, 5.74) is 3.73. The molecule has 0 radical (unpaired) electrons. The number of hydrogen-bond acceptors (Lipinski definition) is 4. The van der Waals surface area contributed by atoms with Crippen molar-refractivity contribution in [3.63, 3.8) is 0 Å². The van der Waals surface area contributed by atoms with E-state index in [0.717, 1.165) is 17.7 Å². The van der Waals surface area contributed by atoms with Crippen molar-refractivity contribution < 1.29 is 14.6 Å². The molecule has 0 aromatic heterocycles. The summed E-state index contributed by atoms with van der Waals surface area (Å²) >= 11 is 0. The second-order valence-electron chi connectivity index (χ2n) is 5.85. The van der Waals surface area contributed by atoms with E-state index in [2.05, 4.69) is 24.4 Å². The summed E-state index contributed by atoms with van der Waals surface area (Å²) in [6, 6.07) is 13.5. The molecule has 0 heterocycles. The second kappa shape index (κ2) is 8.72. The van der Waals surface area contributed by atoms with Gasteiger partial charge in [0.2, 0.25) is 0 Å². The number of aromatic hydroxyl groups is 1. The number of benzene rings is 2. The Bertz CT molecular complexity index is 677. The predicted molar refractivity (Wildman–Crippen MR) is 94.6 cm³/mol. The minimum atomic E-state index is -0.333. The fraction of sp³-hybridized carbons (Fsp3) is 0.263. The summed E-state index contributed by atoms with van der Waals surface area (Å²) in [5, 5.41) is 13.1. The summed E-state index contributed by atoms with van der Waals surface area (Å²) < 4.78 is 5.65. The van der Waals surface area contributed by atoms with E-state index >= 15 is 0 Å². The Labute approximate surface area is 142 Å². The van der Waals surface area contributed by atoms with Crippen molar-refractivity contribution in [1.29, 1.82) is 0 Å². The summed E-state index contributed by atoms with van der Waals surface area (Å²) in [7, 11) is 0. The molecule has 24 heavy (non-hydrogen) atoms. The number of amides is 1. The van der Waals surface area contributed by atoms with Crippen LogP contribution in [0.5, 0.6) is 11.5 Å². The zero-order valence-electron chi connectivity index (χ0n) is 13.9. The minimum absolute atomic E-state index is 0.116. The molecule has 2 aromatic carbocycles. The molecule has 126 valence electrons. The minimum Gasteiger partial charge on any atom is -0.508 e. The van der Waals surface area contributed by atoms with Gasteiger partial charge in [-0.25, -0.2) is 5.43 Å². The standard InChI is InChI=1S/C19H22N2O3/c1-14(2)11-12-24-18-9-3-15(4-10-18)13-20-21-19(23)16-5-7-17(22)8-6-16/h3-10,13-14,22H,11-12H2,1-2H3,(H,21,23)/b20-13+. The average Bonchev–Trinajstić information content (AvgIpc) is 2.56. The fourth-order valence-electron chi connectivity index (χ4n) is 1.91. The Kier molecular flexibility index (Phi) is 6.37. The molecule has 2 aromatic rings. The van der Waals surface area contributed by atoms with Crippen LogP contribution in [0.1, 0.15) is 36.2 Å². The van der Waals surface area contributed by atoms with Crippen molar-refractivity contribution in [3.05, 3.63) is 59.7 Å². The highest BCUT2D eigenvalue weighted by Crippen LogP contribution is 2.12. The lowest BCUT2D eigenvalue weighted by Gasteiger charge is -2.07. The molecule has 5 nitrogen and oxygen atoms in total. The SMILES string of the molecule is CC(C)CCOc1ccc(/C=N/NC(=O)c2ccc(O)cc2)cc1. The number of carbonyl (C=O) groups is 1. The van der Waals surface area contributed by atoms with E-state index in [0.29, 0.717) is 18.1 Å². The maximum atomic E-state index is 11.8. The van der Waals surface area contributed by atoms with E-state index in [1.807, 2.05) is 24.3 Å². The van der Waals surface area contributed by atoms with Crippen LogP contribution in [0, 0.1) is 5.92 Å². The van der Waals surface area contributed by atoms with Crippen LogP contribution in [0.4, 0.5) is 0 Å². The third-order valence-electron chi connectivity index (χ3n) is 3.35. The van der Waals surface area contributed by atoms with Crippen LogP contribution in [-0.2, 0) is 0 Å². The Morgan fingerprint density at radius 2 is 1.83 bits per heavy atom. The van der Waals surface area contributed by atoms with E-state index in [-0.39, 0.29) is 11.7 Å². The topological polar surface area (TPSA) is 70.9 Å². The molecule has 2 N–H and O–H groups in total. The lowest BCUT2D eigenvalue weighted by molar-refractivity contribution is 0.0955. The maximum Gasteiger partial charge on any atom is 0.271 e. The van der Waals surface area contributed by atoms with E-state index in [1.54, 1.807) is 6.21 Å². The van der Waals surface area contributed by atoms with Crippen LogP contribution >= 0.6 is 0 Å². The summed E-state index contributed by atoms with van der Waals surface area (Å²) in [5.74, 6) is 1.22. The number of rotatable bonds is 7. The first-order chi connectivity index (χ1) is 11.5. The number of phenolic OH excluding ortho intramolecular Hbond substituents is 1. The first-order valence-electron chi connectivity index (χ1n) is 7.90. The number of nitrogens with zero attached hydrogens (tertiary/aromatic N) is 1. The van der Waals surface area contributed by atoms with Gasteiger partial charge in [0.15, 0.2) is 0 Å². The van der Waals surface area contributed by atoms with Crippen molar-refractivity contribution >= 4 is 12.1 Å². The molecule has 0 saturated carbocycles. The van der Waals surface area contributed by atoms with Crippen LogP contribution in [0.15, 0.2) is 53.6 Å². The molecule has 0 saturated heterocycles. The largest absolute Gasteiger partial charge is 0.508 e. The predicted octanol–water partition coefficient (Wildman–Crippen LogP) is 3.58. The lowest BCUT2D eigenvalue weighted by Crippen LogP contribution is -2.17. The van der Waals surface area contributed by atoms with Gasteiger partial charge in [-0.2, -0.15) is 5.10 Å². The maximum absolute atomic E-state index is 11.8. The molecule has 0 spiro atoms. The summed E-state index contributed by atoms with van der Waals surface area (Å²) in [6.07, 6.45) is 2.59. The lowest BCUT2D eigenvalue weighted by atomic mass is 10.1. The van der Waals surface area contributed by atoms with Gasteiger partial charge in [-0.05, 0) is 66.4 Å². The normalized spacial score (nSPS) is 11.0. The molecule has 2 rings (SSSR count). The van der Waals surface area contributed by atoms with Gasteiger partial charge in [0, 0.05) is 5.56 Å². The fourth-order valence-corrected chi connectivity index (χ4v) is 1.91. The van der Waals surface area contributed by atoms with Crippen LogP contribution in [0.2, 0.25) is 0 Å². The van der Waals surface area contributed by atoms with E-state index < -0.39 is 0 Å². The molecule has 5 heteroatoms. The Morgan fingerprint density at radius 1 is 1.17 bits per heavy atom. The monoisotopic (exact) mass is 326 g/mol. The Hall–Kier alpha value is -2.82. The molecule has 0 fully saturated rings. The highest BCUT2D eigenvalue weighted by Gasteiger charge is 2.03. The average molecular weight is 326 g/mol. The van der Waals surface area contributed by atoms with Gasteiger partial charge >= 0.3 is 0 Å². The molecule has 1 amide bonds. The van der Waals surface area contributed by atoms with Gasteiger partial charge in [-0.3, -0.25) is 4.79 Å². The third kappa shape index (κ3) is 5.76. The van der Waals surface area contributed by atoms with Crippen molar-refractivity contribution in [2.24, 2.45) is 11.0 Å². The molecular formula is C19H22N2O3. The molecule has 0 aliphatic heterocycles. The van der Waals surface area contributed by atoms with Crippen molar-refractivity contribution in [2.45, 2.75) is 20.3 Å². The smallest absolute Gasteiger partial charge is 0.271 e. The molecule has 0 bridgehead atoms. The van der Waals surface area contributed by atoms with Gasteiger partial charge in [0.25, 0.3) is 5.91 Å². The first-order valence-corrected chi connectivity index (χ1v) is 7.90. The zero-order chi connectivity index (χ0) is 17.4. The van der Waals surface area contributed by atoms with Gasteiger partial charge in [0.1, 0.15) is 11.5 Å². The van der Waals surface area contributed by atoms with E-state index in [9.17, 15) is 9.90 Å². The van der Waals surface area contributed by atoms with Gasteiger partial charge in [-0.15, -0.1) is 0 Å². The van der Waals surface area contributed by atoms with Crippen LogP contribution in [0.3, 0.4) is 0 Å². The number of hydrogen-bond donors (Lipinski definition) is 2. The number of ether oxygens (including phenoxy) is 1. The van der Waals surface area contributed by atoms with Crippen molar-refractivity contribution in [2.75, 3.05) is 6.61 Å². The first kappa shape index (κ1) is 17.5. The molecule has 0 unspecified atom stereocenters. The molecular weight excluding hydrogens is 304 g/mol. The van der Waals surface area contributed by atoms with E-state index in [1.165, 1.54) is 24.3 Å². The number of carbonyl (C=O) groups excluding carboxylic acids is 1. The zero-order valence-corrected chi connectivity index (χ0v) is 13.9. The highest BCUT2D eigenvalue weighted by atomic mass is 16.5. The number of hydrazone groups is 1. The summed E-state index contributed by atoms with van der Waals surface area (Å²) in [6.45, 7) is 5.03. The van der Waals surface area contributed by atoms with Gasteiger partial charge in [-0.1, -0.05) is 13.8 Å². The molecule has 0 aliphatic carbocycles. The van der Waals surface area contributed by atoms with Crippen LogP contribution in [0.25, 0.3) is 0 Å². The Morgan fingerprint density at radius 3 is 2.46 bits per heavy atom. The molecule has 0 aliphatic rings. The Balaban J connectivity index is 1.83. The number of phenols is 1. The van der Waals surface area contributed by atoms with Crippen molar-refractivity contribution in [1.82, 2.24) is 5.43 Å². The van der Waals surface area contributed by atoms with Crippen LogP contribution in [-0.4, -0.2) is 23.8 Å². The van der Waals surface area contributed by atoms with Gasteiger partial charge < -0.3 is 9.84 Å². The van der Waals surface area contributed by atoms with Crippen LogP contribution < -0.4 is 10.2 Å². The van der Waals surface area contributed by atoms with E-state index in [4.69, 9.17) is 4.74 Å². The highest BCUT2D eigenvalue weighted by molar-refractivity contribution is 5.94. The molecule has 0 atom stereocenters. The second-order valence-corrected chi connectivity index (χ2v) is 5.85. The summed E-state index contributed by atoms with van der Waals surface area (Å²) in [4.78, 5) is 11.8.